The van der Waals surface area contributed by atoms with Crippen LogP contribution >= 0.6 is 22.6 Å². The van der Waals surface area contributed by atoms with Crippen molar-refractivity contribution in [2.75, 3.05) is 22.9 Å². The maximum Gasteiger partial charge on any atom is 0.166 e. The van der Waals surface area contributed by atoms with Gasteiger partial charge in [0.1, 0.15) is 0 Å². The van der Waals surface area contributed by atoms with Gasteiger partial charge in [-0.25, -0.2) is 0 Å². The van der Waals surface area contributed by atoms with Gasteiger partial charge in [-0.3, -0.25) is 4.79 Å². The highest BCUT2D eigenvalue weighted by molar-refractivity contribution is 14.1. The van der Waals surface area contributed by atoms with E-state index in [0.29, 0.717) is 21.2 Å². The van der Waals surface area contributed by atoms with E-state index in [1.54, 1.807) is 0 Å². The van der Waals surface area contributed by atoms with Crippen LogP contribution in [0, 0.1) is 8.99 Å². The number of nitrogens with two attached hydrogens (primary N) is 4. The molecule has 0 saturated heterocycles. The minimum atomic E-state index is -0.127. The lowest BCUT2D eigenvalue weighted by molar-refractivity contribution is 0.0940. The molecule has 5 nitrogen and oxygen atoms in total. The quantitative estimate of drug-likeness (QED) is 0.365. The molecule has 1 aromatic rings. The van der Waals surface area contributed by atoms with Crippen LogP contribution in [-0.4, -0.2) is 5.78 Å². The van der Waals surface area contributed by atoms with Gasteiger partial charge in [0.15, 0.2) is 5.78 Å². The highest BCUT2D eigenvalue weighted by Crippen LogP contribution is 2.38. The standard InChI is InChI=1S/C12H19IN4O/c1-12(2,3)4-5(18)6-7(13)9(15)11(17)10(16)8(6)14/h4,14-17H2,1-3H3. The molecule has 0 heterocycles. The summed E-state index contributed by atoms with van der Waals surface area (Å²) < 4.78 is 0.575. The number of benzene rings is 1. The minimum absolute atomic E-state index is 0.0669. The predicted octanol–water partition coefficient (Wildman–Crippen LogP) is 2.24. The molecular formula is C12H19IN4O. The molecule has 0 atom stereocenters. The number of rotatable bonds is 2. The van der Waals surface area contributed by atoms with Crippen molar-refractivity contribution in [3.63, 3.8) is 0 Å². The van der Waals surface area contributed by atoms with Crippen molar-refractivity contribution in [3.05, 3.63) is 9.13 Å². The lowest BCUT2D eigenvalue weighted by Gasteiger charge is -2.20. The number of carbonyl (C=O) groups is 1. The van der Waals surface area contributed by atoms with Gasteiger partial charge in [-0.05, 0) is 28.0 Å². The SMILES string of the molecule is CC(C)(C)CC(=O)c1c(N)c(N)c(N)c(N)c1I. The van der Waals surface area contributed by atoms with Gasteiger partial charge in [-0.15, -0.1) is 0 Å². The maximum absolute atomic E-state index is 12.3. The molecule has 0 aliphatic heterocycles. The number of halogens is 1. The van der Waals surface area contributed by atoms with Crippen molar-refractivity contribution in [1.29, 1.82) is 0 Å². The van der Waals surface area contributed by atoms with Crippen molar-refractivity contribution >= 4 is 51.1 Å². The van der Waals surface area contributed by atoms with Gasteiger partial charge in [0.05, 0.1) is 31.9 Å². The lowest BCUT2D eigenvalue weighted by atomic mass is 9.87. The third-order valence-electron chi connectivity index (χ3n) is 2.57. The van der Waals surface area contributed by atoms with Gasteiger partial charge in [-0.2, -0.15) is 0 Å². The van der Waals surface area contributed by atoms with Crippen LogP contribution in [0.15, 0.2) is 0 Å². The number of carbonyl (C=O) groups excluding carboxylic acids is 1. The van der Waals surface area contributed by atoms with Crippen LogP contribution in [0.5, 0.6) is 0 Å². The first-order valence-electron chi connectivity index (χ1n) is 5.50. The van der Waals surface area contributed by atoms with Crippen LogP contribution in [0.25, 0.3) is 0 Å². The first-order chi connectivity index (χ1) is 8.06. The summed E-state index contributed by atoms with van der Waals surface area (Å²) >= 11 is 1.98. The van der Waals surface area contributed by atoms with Crippen molar-refractivity contribution in [2.24, 2.45) is 5.41 Å². The number of hydrogen-bond acceptors (Lipinski definition) is 5. The molecule has 0 amide bonds. The zero-order chi connectivity index (χ0) is 14.2. The van der Waals surface area contributed by atoms with Crippen molar-refractivity contribution in [2.45, 2.75) is 27.2 Å². The van der Waals surface area contributed by atoms with E-state index < -0.39 is 0 Å². The Kier molecular flexibility index (Phi) is 3.99. The molecule has 8 N–H and O–H groups in total. The Morgan fingerprint density at radius 2 is 1.44 bits per heavy atom. The van der Waals surface area contributed by atoms with Gasteiger partial charge in [-0.1, -0.05) is 20.8 Å². The fourth-order valence-electron chi connectivity index (χ4n) is 1.64. The van der Waals surface area contributed by atoms with Crippen LogP contribution in [0.1, 0.15) is 37.6 Å². The summed E-state index contributed by atoms with van der Waals surface area (Å²) in [7, 11) is 0. The molecule has 0 radical (unpaired) electrons. The molecule has 0 aromatic heterocycles. The van der Waals surface area contributed by atoms with Gasteiger partial charge in [0.25, 0.3) is 0 Å². The Hall–Kier alpha value is -1.18. The van der Waals surface area contributed by atoms with Gasteiger partial charge >= 0.3 is 0 Å². The molecule has 0 aliphatic rings. The van der Waals surface area contributed by atoms with Crippen molar-refractivity contribution in [1.82, 2.24) is 0 Å². The van der Waals surface area contributed by atoms with Gasteiger partial charge in [0.2, 0.25) is 0 Å². The lowest BCUT2D eigenvalue weighted by Crippen LogP contribution is -2.18. The minimum Gasteiger partial charge on any atom is -0.396 e. The number of Topliss-reactive ketones (excluding diaryl/α,β-unsaturated/α-hetero) is 1. The smallest absolute Gasteiger partial charge is 0.166 e. The zero-order valence-corrected chi connectivity index (χ0v) is 13.0. The van der Waals surface area contributed by atoms with E-state index in [0.717, 1.165) is 0 Å². The second-order valence-electron chi connectivity index (χ2n) is 5.50. The summed E-state index contributed by atoms with van der Waals surface area (Å²) in [5.41, 5.74) is 24.4. The molecule has 0 fully saturated rings. The molecule has 0 spiro atoms. The Labute approximate surface area is 120 Å². The number of anilines is 4. The van der Waals surface area contributed by atoms with E-state index in [1.165, 1.54) is 0 Å². The molecule has 6 heteroatoms. The predicted molar refractivity (Wildman–Crippen MR) is 85.2 cm³/mol. The zero-order valence-electron chi connectivity index (χ0n) is 10.8. The van der Waals surface area contributed by atoms with Crippen LogP contribution in [0.4, 0.5) is 22.7 Å². The molecule has 1 rings (SSSR count). The van der Waals surface area contributed by atoms with Crippen LogP contribution in [0.3, 0.4) is 0 Å². The van der Waals surface area contributed by atoms with E-state index >= 15 is 0 Å². The first kappa shape index (κ1) is 14.9. The third-order valence-corrected chi connectivity index (χ3v) is 3.69. The fraction of sp³-hybridized carbons (Fsp3) is 0.417. The Balaban J connectivity index is 3.38. The molecule has 0 aliphatic carbocycles. The highest BCUT2D eigenvalue weighted by Gasteiger charge is 2.25. The monoisotopic (exact) mass is 362 g/mol. The normalized spacial score (nSPS) is 11.6. The fourth-order valence-corrected chi connectivity index (χ4v) is 2.52. The van der Waals surface area contributed by atoms with E-state index in [1.807, 2.05) is 43.4 Å². The summed E-state index contributed by atoms with van der Waals surface area (Å²) in [6.07, 6.45) is 0.371. The van der Waals surface area contributed by atoms with Crippen LogP contribution < -0.4 is 22.9 Å². The Bertz CT molecular complexity index is 477. The Morgan fingerprint density at radius 1 is 1.00 bits per heavy atom. The first-order valence-corrected chi connectivity index (χ1v) is 6.58. The average molecular weight is 362 g/mol. The topological polar surface area (TPSA) is 121 Å². The van der Waals surface area contributed by atoms with E-state index in [-0.39, 0.29) is 28.3 Å². The van der Waals surface area contributed by atoms with E-state index in [4.69, 9.17) is 22.9 Å². The average Bonchev–Trinajstić information content (AvgIpc) is 2.21. The van der Waals surface area contributed by atoms with Crippen LogP contribution in [0.2, 0.25) is 0 Å². The molecular weight excluding hydrogens is 343 g/mol. The molecule has 18 heavy (non-hydrogen) atoms. The summed E-state index contributed by atoms with van der Waals surface area (Å²) in [4.78, 5) is 12.3. The third kappa shape index (κ3) is 2.80. The molecule has 1 aromatic carbocycles. The number of nitrogen functional groups attached to an aromatic ring is 4. The molecule has 0 saturated carbocycles. The van der Waals surface area contributed by atoms with Crippen molar-refractivity contribution in [3.8, 4) is 0 Å². The maximum atomic E-state index is 12.3. The summed E-state index contributed by atoms with van der Waals surface area (Å²) in [5.74, 6) is -0.0669. The summed E-state index contributed by atoms with van der Waals surface area (Å²) in [5, 5.41) is 0. The van der Waals surface area contributed by atoms with E-state index in [9.17, 15) is 4.79 Å². The second kappa shape index (κ2) is 4.83. The largest absolute Gasteiger partial charge is 0.396 e. The number of ketones is 1. The summed E-state index contributed by atoms with van der Waals surface area (Å²) in [6, 6.07) is 0. The second-order valence-corrected chi connectivity index (χ2v) is 6.58. The molecule has 0 bridgehead atoms. The van der Waals surface area contributed by atoms with E-state index in [2.05, 4.69) is 0 Å². The summed E-state index contributed by atoms with van der Waals surface area (Å²) in [6.45, 7) is 5.95. The van der Waals surface area contributed by atoms with Gasteiger partial charge < -0.3 is 22.9 Å². The number of hydrogen-bond donors (Lipinski definition) is 4. The highest BCUT2D eigenvalue weighted by atomic mass is 127. The Morgan fingerprint density at radius 3 is 1.89 bits per heavy atom. The molecule has 100 valence electrons. The van der Waals surface area contributed by atoms with Gasteiger partial charge in [0, 0.05) is 6.42 Å². The van der Waals surface area contributed by atoms with Crippen molar-refractivity contribution < 1.29 is 4.79 Å². The molecule has 0 unspecified atom stereocenters. The van der Waals surface area contributed by atoms with Crippen LogP contribution in [-0.2, 0) is 0 Å².